The Morgan fingerprint density at radius 1 is 1.19 bits per heavy atom. The fourth-order valence-corrected chi connectivity index (χ4v) is 1.84. The summed E-state index contributed by atoms with van der Waals surface area (Å²) in [6.07, 6.45) is -0.588. The van der Waals surface area contributed by atoms with Crippen molar-refractivity contribution in [3.8, 4) is 5.75 Å². The van der Waals surface area contributed by atoms with E-state index >= 15 is 0 Å². The molecule has 0 saturated heterocycles. The summed E-state index contributed by atoms with van der Waals surface area (Å²) in [6.45, 7) is 0.749. The molecule has 0 aromatic heterocycles. The van der Waals surface area contributed by atoms with Gasteiger partial charge in [-0.05, 0) is 29.8 Å². The summed E-state index contributed by atoms with van der Waals surface area (Å²) < 4.78 is 18.5. The van der Waals surface area contributed by atoms with Gasteiger partial charge in [-0.3, -0.25) is 0 Å². The van der Waals surface area contributed by atoms with E-state index in [1.807, 2.05) is 24.3 Å². The van der Waals surface area contributed by atoms with Crippen molar-refractivity contribution < 1.29 is 14.2 Å². The minimum absolute atomic E-state index is 0.188. The molecule has 0 spiro atoms. The number of ether oxygens (including phenoxy) is 1. The largest absolute Gasteiger partial charge is 0.489 e. The molecule has 0 radical (unpaired) electrons. The molecule has 1 unspecified atom stereocenters. The Labute approximate surface area is 128 Å². The van der Waals surface area contributed by atoms with Crippen molar-refractivity contribution >= 4 is 17.3 Å². The zero-order valence-electron chi connectivity index (χ0n) is 11.4. The van der Waals surface area contributed by atoms with Gasteiger partial charge < -0.3 is 15.2 Å². The molecule has 0 amide bonds. The third kappa shape index (κ3) is 5.25. The van der Waals surface area contributed by atoms with E-state index < -0.39 is 6.10 Å². The van der Waals surface area contributed by atoms with Crippen LogP contribution in [-0.4, -0.2) is 23.6 Å². The van der Waals surface area contributed by atoms with Crippen LogP contribution in [0.15, 0.2) is 48.5 Å². The van der Waals surface area contributed by atoms with E-state index in [1.54, 1.807) is 12.1 Å². The first kappa shape index (κ1) is 15.6. The number of halogens is 2. The molecule has 2 aromatic carbocycles. The van der Waals surface area contributed by atoms with Gasteiger partial charge in [-0.25, -0.2) is 4.39 Å². The zero-order valence-corrected chi connectivity index (χ0v) is 12.2. The fraction of sp³-hybridized carbons (Fsp3) is 0.250. The first-order valence-corrected chi connectivity index (χ1v) is 7.16. The van der Waals surface area contributed by atoms with Crippen LogP contribution in [0, 0.1) is 5.82 Å². The number of alkyl halides is 1. The lowest BCUT2D eigenvalue weighted by atomic mass is 10.2. The highest BCUT2D eigenvalue weighted by Gasteiger charge is 2.02. The van der Waals surface area contributed by atoms with E-state index in [-0.39, 0.29) is 11.7 Å². The fourth-order valence-electron chi connectivity index (χ4n) is 1.73. The number of anilines is 1. The van der Waals surface area contributed by atoms with Crippen LogP contribution in [0.4, 0.5) is 10.1 Å². The third-order valence-electron chi connectivity index (χ3n) is 2.87. The molecule has 0 aliphatic carbocycles. The van der Waals surface area contributed by atoms with Crippen LogP contribution in [0.3, 0.4) is 0 Å². The van der Waals surface area contributed by atoms with Crippen LogP contribution >= 0.6 is 11.6 Å². The van der Waals surface area contributed by atoms with E-state index in [1.165, 1.54) is 12.1 Å². The van der Waals surface area contributed by atoms with E-state index in [2.05, 4.69) is 5.32 Å². The summed E-state index contributed by atoms with van der Waals surface area (Å²) in [5.41, 5.74) is 1.74. The van der Waals surface area contributed by atoms with Gasteiger partial charge in [0.25, 0.3) is 0 Å². The molecule has 0 bridgehead atoms. The third-order valence-corrected chi connectivity index (χ3v) is 3.23. The first-order chi connectivity index (χ1) is 10.2. The molecule has 3 nitrogen and oxygen atoms in total. The monoisotopic (exact) mass is 309 g/mol. The molecule has 1 atom stereocenters. The minimum Gasteiger partial charge on any atom is -0.489 e. The van der Waals surface area contributed by atoms with Crippen molar-refractivity contribution in [3.63, 3.8) is 0 Å². The van der Waals surface area contributed by atoms with E-state index in [0.29, 0.717) is 18.9 Å². The molecule has 0 aliphatic heterocycles. The molecule has 21 heavy (non-hydrogen) atoms. The van der Waals surface area contributed by atoms with Crippen molar-refractivity contribution in [3.05, 3.63) is 59.9 Å². The highest BCUT2D eigenvalue weighted by molar-refractivity contribution is 6.18. The Balaban J connectivity index is 1.90. The van der Waals surface area contributed by atoms with Gasteiger partial charge in [0, 0.05) is 18.3 Å². The maximum absolute atomic E-state index is 12.8. The number of rotatable bonds is 7. The standard InChI is InChI=1S/C16H17ClFNO2/c17-9-15(20)10-19-14-2-1-3-16(8-14)21-11-12-4-6-13(18)7-5-12/h1-8,15,19-20H,9-11H2. The number of benzene rings is 2. The first-order valence-electron chi connectivity index (χ1n) is 6.62. The molecule has 0 saturated carbocycles. The van der Waals surface area contributed by atoms with Gasteiger partial charge in [0.1, 0.15) is 18.2 Å². The van der Waals surface area contributed by atoms with Crippen molar-refractivity contribution in [2.75, 3.05) is 17.7 Å². The van der Waals surface area contributed by atoms with Gasteiger partial charge in [0.15, 0.2) is 0 Å². The normalized spacial score (nSPS) is 12.0. The van der Waals surface area contributed by atoms with Gasteiger partial charge in [-0.15, -0.1) is 11.6 Å². The minimum atomic E-state index is -0.588. The zero-order chi connectivity index (χ0) is 15.1. The van der Waals surface area contributed by atoms with Gasteiger partial charge >= 0.3 is 0 Å². The Morgan fingerprint density at radius 3 is 2.67 bits per heavy atom. The lowest BCUT2D eigenvalue weighted by molar-refractivity contribution is 0.211. The Hall–Kier alpha value is -1.78. The number of hydrogen-bond acceptors (Lipinski definition) is 3. The Morgan fingerprint density at radius 2 is 1.95 bits per heavy atom. The molecule has 5 heteroatoms. The van der Waals surface area contributed by atoms with Gasteiger partial charge in [-0.2, -0.15) is 0 Å². The van der Waals surface area contributed by atoms with Crippen molar-refractivity contribution in [2.45, 2.75) is 12.7 Å². The lowest BCUT2D eigenvalue weighted by Gasteiger charge is -2.12. The Bertz CT molecular complexity index is 562. The number of aliphatic hydroxyl groups excluding tert-OH is 1. The van der Waals surface area contributed by atoms with Crippen LogP contribution < -0.4 is 10.1 Å². The molecular formula is C16H17ClFNO2. The maximum Gasteiger partial charge on any atom is 0.123 e. The number of nitrogens with one attached hydrogen (secondary N) is 1. The maximum atomic E-state index is 12.8. The Kier molecular flexibility index (Phi) is 5.84. The van der Waals surface area contributed by atoms with Crippen molar-refractivity contribution in [1.29, 1.82) is 0 Å². The lowest BCUT2D eigenvalue weighted by Crippen LogP contribution is -2.20. The van der Waals surface area contributed by atoms with E-state index in [9.17, 15) is 9.50 Å². The van der Waals surface area contributed by atoms with Gasteiger partial charge in [-0.1, -0.05) is 18.2 Å². The van der Waals surface area contributed by atoms with Crippen LogP contribution in [0.5, 0.6) is 5.75 Å². The summed E-state index contributed by atoms with van der Waals surface area (Å²) in [5.74, 6) is 0.626. The summed E-state index contributed by atoms with van der Waals surface area (Å²) >= 11 is 5.54. The second-order valence-corrected chi connectivity index (χ2v) is 4.94. The summed E-state index contributed by atoms with van der Waals surface area (Å²) in [7, 11) is 0. The number of aliphatic hydroxyl groups is 1. The van der Waals surface area contributed by atoms with Crippen LogP contribution in [0.25, 0.3) is 0 Å². The molecule has 2 rings (SSSR count). The smallest absolute Gasteiger partial charge is 0.123 e. The van der Waals surface area contributed by atoms with Crippen molar-refractivity contribution in [2.24, 2.45) is 0 Å². The molecule has 0 fully saturated rings. The summed E-state index contributed by atoms with van der Waals surface area (Å²) in [4.78, 5) is 0. The molecular weight excluding hydrogens is 293 g/mol. The predicted molar refractivity (Wildman–Crippen MR) is 82.4 cm³/mol. The SMILES string of the molecule is OC(CCl)CNc1cccc(OCc2ccc(F)cc2)c1. The second kappa shape index (κ2) is 7.86. The second-order valence-electron chi connectivity index (χ2n) is 4.63. The summed E-state index contributed by atoms with van der Waals surface area (Å²) in [6, 6.07) is 13.6. The average molecular weight is 310 g/mol. The molecule has 2 N–H and O–H groups in total. The van der Waals surface area contributed by atoms with E-state index in [0.717, 1.165) is 11.3 Å². The molecule has 2 aromatic rings. The van der Waals surface area contributed by atoms with Crippen LogP contribution in [0.1, 0.15) is 5.56 Å². The van der Waals surface area contributed by atoms with Crippen LogP contribution in [-0.2, 0) is 6.61 Å². The highest BCUT2D eigenvalue weighted by Crippen LogP contribution is 2.18. The number of hydrogen-bond donors (Lipinski definition) is 2. The predicted octanol–water partition coefficient (Wildman–Crippen LogP) is 3.42. The quantitative estimate of drug-likeness (QED) is 0.770. The topological polar surface area (TPSA) is 41.5 Å². The average Bonchev–Trinajstić information content (AvgIpc) is 2.52. The summed E-state index contributed by atoms with van der Waals surface area (Å²) in [5, 5.41) is 12.5. The van der Waals surface area contributed by atoms with Gasteiger partial charge in [0.2, 0.25) is 0 Å². The van der Waals surface area contributed by atoms with E-state index in [4.69, 9.17) is 16.3 Å². The van der Waals surface area contributed by atoms with Crippen LogP contribution in [0.2, 0.25) is 0 Å². The highest BCUT2D eigenvalue weighted by atomic mass is 35.5. The van der Waals surface area contributed by atoms with Crippen molar-refractivity contribution in [1.82, 2.24) is 0 Å². The molecule has 0 heterocycles. The van der Waals surface area contributed by atoms with Gasteiger partial charge in [0.05, 0.1) is 12.0 Å². The molecule has 0 aliphatic rings. The molecule has 112 valence electrons.